The molecule has 1 aromatic heterocycles. The van der Waals surface area contributed by atoms with Crippen LogP contribution < -0.4 is 5.43 Å². The van der Waals surface area contributed by atoms with E-state index in [-0.39, 0.29) is 22.3 Å². The number of fused-ring (bicyclic) bond motifs is 1. The highest BCUT2D eigenvalue weighted by atomic mass is 35.5. The van der Waals surface area contributed by atoms with Crippen molar-refractivity contribution in [2.75, 3.05) is 0 Å². The smallest absolute Gasteiger partial charge is 0.190 e. The van der Waals surface area contributed by atoms with Crippen molar-refractivity contribution in [3.8, 4) is 22.8 Å². The molecule has 0 spiro atoms. The summed E-state index contributed by atoms with van der Waals surface area (Å²) in [6.45, 7) is 0. The summed E-state index contributed by atoms with van der Waals surface area (Å²) in [5, 5.41) is 20.1. The maximum atomic E-state index is 12.1. The van der Waals surface area contributed by atoms with E-state index < -0.39 is 0 Å². The Morgan fingerprint density at radius 1 is 0.905 bits per heavy atom. The van der Waals surface area contributed by atoms with Crippen LogP contribution in [-0.4, -0.2) is 15.2 Å². The van der Waals surface area contributed by atoms with Crippen LogP contribution in [0.25, 0.3) is 22.2 Å². The van der Waals surface area contributed by atoms with Gasteiger partial charge in [0.25, 0.3) is 0 Å². The average molecular weight is 322 g/mol. The Balaban J connectivity index is 2.27. The molecular weight excluding hydrogens is 313 g/mol. The first-order chi connectivity index (χ1) is 9.95. The maximum Gasteiger partial charge on any atom is 0.190 e. The van der Waals surface area contributed by atoms with Crippen LogP contribution in [-0.2, 0) is 0 Å². The zero-order valence-corrected chi connectivity index (χ0v) is 12.0. The molecule has 2 aromatic carbocycles. The molecule has 0 aliphatic rings. The number of aromatic hydroxyl groups is 2. The number of H-pyrrole nitrogens is 1. The number of halogens is 2. The minimum atomic E-state index is -0.338. The number of nitrogens with one attached hydrogen (secondary N) is 1. The molecule has 3 rings (SSSR count). The Kier molecular flexibility index (Phi) is 3.27. The molecule has 0 amide bonds. The highest BCUT2D eigenvalue weighted by Gasteiger charge is 2.09. The van der Waals surface area contributed by atoms with Gasteiger partial charge in [-0.05, 0) is 23.8 Å². The van der Waals surface area contributed by atoms with Gasteiger partial charge in [-0.25, -0.2) is 0 Å². The molecule has 0 saturated carbocycles. The molecule has 0 bridgehead atoms. The number of phenolic OH excluding ortho intramolecular Hbond substituents is 2. The number of pyridine rings is 1. The van der Waals surface area contributed by atoms with Crippen molar-refractivity contribution in [2.24, 2.45) is 0 Å². The Morgan fingerprint density at radius 3 is 2.33 bits per heavy atom. The van der Waals surface area contributed by atoms with Crippen LogP contribution in [0.1, 0.15) is 0 Å². The number of aromatic nitrogens is 1. The zero-order valence-electron chi connectivity index (χ0n) is 10.5. The third kappa shape index (κ3) is 2.44. The second kappa shape index (κ2) is 4.98. The Labute approximate surface area is 129 Å². The van der Waals surface area contributed by atoms with Gasteiger partial charge in [-0.3, -0.25) is 4.79 Å². The number of hydrogen-bond donors (Lipinski definition) is 3. The van der Waals surface area contributed by atoms with Gasteiger partial charge in [0, 0.05) is 23.2 Å². The first-order valence-electron chi connectivity index (χ1n) is 6.00. The van der Waals surface area contributed by atoms with Crippen LogP contribution in [0.5, 0.6) is 11.5 Å². The van der Waals surface area contributed by atoms with Crippen molar-refractivity contribution in [3.63, 3.8) is 0 Å². The van der Waals surface area contributed by atoms with E-state index >= 15 is 0 Å². The standard InChI is InChI=1S/C15H9Cl2NO3/c16-9-2-1-7(3-10(9)17)11-5-13(19)8-4-14(20)15(21)6-12(8)18-11/h1-6,20-21H,(H,18,19). The normalized spacial score (nSPS) is 11.0. The van der Waals surface area contributed by atoms with E-state index in [9.17, 15) is 15.0 Å². The fourth-order valence-corrected chi connectivity index (χ4v) is 2.39. The van der Waals surface area contributed by atoms with Gasteiger partial charge in [0.05, 0.1) is 15.6 Å². The lowest BCUT2D eigenvalue weighted by molar-refractivity contribution is 0.405. The minimum Gasteiger partial charge on any atom is -0.504 e. The van der Waals surface area contributed by atoms with E-state index in [1.54, 1.807) is 18.2 Å². The van der Waals surface area contributed by atoms with Gasteiger partial charge in [0.15, 0.2) is 16.9 Å². The molecule has 3 N–H and O–H groups in total. The molecule has 0 radical (unpaired) electrons. The number of rotatable bonds is 1. The summed E-state index contributed by atoms with van der Waals surface area (Å²) < 4.78 is 0. The fourth-order valence-electron chi connectivity index (χ4n) is 2.09. The Morgan fingerprint density at radius 2 is 1.62 bits per heavy atom. The summed E-state index contributed by atoms with van der Waals surface area (Å²) in [5.41, 5.74) is 1.37. The van der Waals surface area contributed by atoms with Crippen molar-refractivity contribution in [1.82, 2.24) is 4.98 Å². The highest BCUT2D eigenvalue weighted by molar-refractivity contribution is 6.42. The molecule has 0 atom stereocenters. The maximum absolute atomic E-state index is 12.1. The van der Waals surface area contributed by atoms with Crippen LogP contribution in [0.4, 0.5) is 0 Å². The predicted molar refractivity (Wildman–Crippen MR) is 83.4 cm³/mol. The molecule has 0 fully saturated rings. The lowest BCUT2D eigenvalue weighted by Crippen LogP contribution is -2.02. The second-order valence-electron chi connectivity index (χ2n) is 4.56. The summed E-state index contributed by atoms with van der Waals surface area (Å²) >= 11 is 11.8. The first-order valence-corrected chi connectivity index (χ1v) is 6.76. The molecule has 106 valence electrons. The average Bonchev–Trinajstić information content (AvgIpc) is 2.44. The van der Waals surface area contributed by atoms with E-state index in [0.29, 0.717) is 26.8 Å². The van der Waals surface area contributed by atoms with Crippen LogP contribution in [0, 0.1) is 0 Å². The fraction of sp³-hybridized carbons (Fsp3) is 0. The van der Waals surface area contributed by atoms with Crippen molar-refractivity contribution < 1.29 is 10.2 Å². The molecule has 0 aliphatic heterocycles. The molecule has 0 aliphatic carbocycles. The van der Waals surface area contributed by atoms with E-state index in [4.69, 9.17) is 23.2 Å². The van der Waals surface area contributed by atoms with E-state index in [1.165, 1.54) is 18.2 Å². The Bertz CT molecular complexity index is 919. The summed E-state index contributed by atoms with van der Waals surface area (Å²) in [4.78, 5) is 15.1. The topological polar surface area (TPSA) is 73.3 Å². The molecular formula is C15H9Cl2NO3. The third-order valence-corrected chi connectivity index (χ3v) is 3.89. The SMILES string of the molecule is O=c1cc(-c2ccc(Cl)c(Cl)c2)[nH]c2cc(O)c(O)cc12. The number of benzene rings is 2. The number of aromatic amines is 1. The molecule has 21 heavy (non-hydrogen) atoms. The monoisotopic (exact) mass is 321 g/mol. The number of hydrogen-bond acceptors (Lipinski definition) is 3. The molecule has 0 unspecified atom stereocenters. The molecule has 3 aromatic rings. The Hall–Kier alpha value is -2.17. The van der Waals surface area contributed by atoms with E-state index in [1.807, 2.05) is 0 Å². The van der Waals surface area contributed by atoms with E-state index in [2.05, 4.69) is 4.98 Å². The first kappa shape index (κ1) is 13.8. The van der Waals surface area contributed by atoms with Crippen molar-refractivity contribution in [2.45, 2.75) is 0 Å². The zero-order chi connectivity index (χ0) is 15.1. The lowest BCUT2D eigenvalue weighted by Gasteiger charge is -2.07. The van der Waals surface area contributed by atoms with Crippen LogP contribution in [0.2, 0.25) is 10.0 Å². The third-order valence-electron chi connectivity index (χ3n) is 3.16. The molecule has 4 nitrogen and oxygen atoms in total. The summed E-state index contributed by atoms with van der Waals surface area (Å²) in [6, 6.07) is 8.93. The second-order valence-corrected chi connectivity index (χ2v) is 5.38. The van der Waals surface area contributed by atoms with Crippen LogP contribution in [0.3, 0.4) is 0 Å². The van der Waals surface area contributed by atoms with Gasteiger partial charge in [-0.15, -0.1) is 0 Å². The summed E-state index contributed by atoms with van der Waals surface area (Å²) in [6.07, 6.45) is 0. The van der Waals surface area contributed by atoms with Crippen LogP contribution in [0.15, 0.2) is 41.2 Å². The van der Waals surface area contributed by atoms with Gasteiger partial charge >= 0.3 is 0 Å². The van der Waals surface area contributed by atoms with Crippen molar-refractivity contribution in [1.29, 1.82) is 0 Å². The highest BCUT2D eigenvalue weighted by Crippen LogP contribution is 2.30. The van der Waals surface area contributed by atoms with Gasteiger partial charge in [0.1, 0.15) is 0 Å². The molecule has 6 heteroatoms. The van der Waals surface area contributed by atoms with Crippen molar-refractivity contribution in [3.05, 3.63) is 56.7 Å². The van der Waals surface area contributed by atoms with Gasteiger partial charge in [0.2, 0.25) is 0 Å². The summed E-state index contributed by atoms with van der Waals surface area (Å²) in [7, 11) is 0. The summed E-state index contributed by atoms with van der Waals surface area (Å²) in [5.74, 6) is -0.639. The lowest BCUT2D eigenvalue weighted by atomic mass is 10.1. The predicted octanol–water partition coefficient (Wildman–Crippen LogP) is 3.91. The molecule has 0 saturated heterocycles. The van der Waals surface area contributed by atoms with Crippen molar-refractivity contribution >= 4 is 34.1 Å². The van der Waals surface area contributed by atoms with E-state index in [0.717, 1.165) is 0 Å². The quantitative estimate of drug-likeness (QED) is 0.595. The largest absolute Gasteiger partial charge is 0.504 e. The molecule has 1 heterocycles. The van der Waals surface area contributed by atoms with Gasteiger partial charge in [-0.1, -0.05) is 29.3 Å². The van der Waals surface area contributed by atoms with Gasteiger partial charge in [-0.2, -0.15) is 0 Å². The number of phenols is 2. The minimum absolute atomic E-state index is 0.278. The van der Waals surface area contributed by atoms with Crippen LogP contribution >= 0.6 is 23.2 Å². The van der Waals surface area contributed by atoms with Gasteiger partial charge < -0.3 is 15.2 Å².